The molecule has 3 N–H and O–H groups in total. The topological polar surface area (TPSA) is 39.3 Å². The van der Waals surface area contributed by atoms with Gasteiger partial charge in [-0.3, -0.25) is 0 Å². The molecule has 96 valence electrons. The quantitative estimate of drug-likeness (QED) is 0.344. The lowest BCUT2D eigenvalue weighted by Gasteiger charge is -2.28. The van der Waals surface area contributed by atoms with Gasteiger partial charge in [-0.25, -0.2) is 3.11 Å². The average Bonchev–Trinajstić information content (AvgIpc) is 2.30. The summed E-state index contributed by atoms with van der Waals surface area (Å²) in [5.41, 5.74) is 0. The fourth-order valence-corrected chi connectivity index (χ4v) is 2.49. The van der Waals surface area contributed by atoms with E-state index >= 15 is 0 Å². The second-order valence-corrected chi connectivity index (χ2v) is 5.71. The summed E-state index contributed by atoms with van der Waals surface area (Å²) in [4.78, 5) is 0. The summed E-state index contributed by atoms with van der Waals surface area (Å²) in [5.74, 6) is 0. The van der Waals surface area contributed by atoms with Gasteiger partial charge in [-0.05, 0) is 39.4 Å². The molecule has 0 saturated carbocycles. The Labute approximate surface area is 113 Å². The van der Waals surface area contributed by atoms with E-state index in [-0.39, 0.29) is 0 Å². The molecule has 0 spiro atoms. The molecule has 1 aliphatic rings. The van der Waals surface area contributed by atoms with Crippen molar-refractivity contribution >= 4 is 22.9 Å². The molecule has 0 radical (unpaired) electrons. The molecule has 1 fully saturated rings. The second-order valence-electron chi connectivity index (χ2n) is 4.35. The Morgan fingerprint density at radius 1 is 1.12 bits per heavy atom. The number of hydrogen-bond donors (Lipinski definition) is 3. The lowest BCUT2D eigenvalue weighted by atomic mass is 10.1. The van der Waals surface area contributed by atoms with Crippen LogP contribution in [0.5, 0.6) is 0 Å². The molecule has 0 bridgehead atoms. The predicted octanol–water partition coefficient (Wildman–Crippen LogP) is 0.590. The van der Waals surface area contributed by atoms with E-state index < -0.39 is 0 Å². The smallest absolute Gasteiger partial charge is 0.0201 e. The summed E-state index contributed by atoms with van der Waals surface area (Å²) in [6, 6.07) is 0.741. The molecule has 1 rings (SSSR count). The maximum absolute atomic E-state index is 3.62. The summed E-state index contributed by atoms with van der Waals surface area (Å²) >= 11 is 2.42. The van der Waals surface area contributed by atoms with Gasteiger partial charge in [-0.2, -0.15) is 0 Å². The van der Waals surface area contributed by atoms with Crippen LogP contribution in [0.2, 0.25) is 0 Å². The summed E-state index contributed by atoms with van der Waals surface area (Å²) in [5, 5.41) is 10.2. The first kappa shape index (κ1) is 14.6. The highest BCUT2D eigenvalue weighted by molar-refractivity contribution is 14.1. The Morgan fingerprint density at radius 3 is 2.56 bits per heavy atom. The van der Waals surface area contributed by atoms with Crippen LogP contribution in [-0.2, 0) is 0 Å². The third-order valence-electron chi connectivity index (χ3n) is 2.96. The molecule has 16 heavy (non-hydrogen) atoms. The van der Waals surface area contributed by atoms with Crippen molar-refractivity contribution in [3.8, 4) is 0 Å². The number of nitrogens with one attached hydrogen (secondary N) is 3. The van der Waals surface area contributed by atoms with E-state index in [4.69, 9.17) is 0 Å². The van der Waals surface area contributed by atoms with Gasteiger partial charge in [-0.1, -0.05) is 0 Å². The van der Waals surface area contributed by atoms with Crippen LogP contribution >= 0.6 is 22.9 Å². The van der Waals surface area contributed by atoms with Gasteiger partial charge in [-0.15, -0.1) is 0 Å². The van der Waals surface area contributed by atoms with E-state index in [0.717, 1.165) is 32.2 Å². The van der Waals surface area contributed by atoms with E-state index in [1.165, 1.54) is 32.4 Å². The fourth-order valence-electron chi connectivity index (χ4n) is 1.93. The Morgan fingerprint density at radius 2 is 1.88 bits per heavy atom. The standard InChI is InChI=1S/C11H25IN4/c1-13-5-2-6-14-7-8-15-11-3-9-16(12)10-4-11/h11,13-15H,2-10H2,1H3. The molecule has 0 unspecified atom stereocenters. The van der Waals surface area contributed by atoms with Crippen molar-refractivity contribution in [1.82, 2.24) is 19.1 Å². The molecular weight excluding hydrogens is 315 g/mol. The van der Waals surface area contributed by atoms with Crippen molar-refractivity contribution in [2.24, 2.45) is 0 Å². The molecule has 1 saturated heterocycles. The van der Waals surface area contributed by atoms with Gasteiger partial charge in [0.05, 0.1) is 0 Å². The van der Waals surface area contributed by atoms with Crippen molar-refractivity contribution < 1.29 is 0 Å². The van der Waals surface area contributed by atoms with E-state index in [9.17, 15) is 0 Å². The normalized spacial score (nSPS) is 19.1. The Balaban J connectivity index is 1.84. The molecule has 0 aromatic heterocycles. The van der Waals surface area contributed by atoms with Gasteiger partial charge in [0.25, 0.3) is 0 Å². The number of hydrogen-bond acceptors (Lipinski definition) is 4. The monoisotopic (exact) mass is 340 g/mol. The summed E-state index contributed by atoms with van der Waals surface area (Å²) in [6.45, 7) is 6.88. The fraction of sp³-hybridized carbons (Fsp3) is 1.00. The van der Waals surface area contributed by atoms with Crippen molar-refractivity contribution in [3.63, 3.8) is 0 Å². The minimum absolute atomic E-state index is 0.741. The molecule has 1 aliphatic heterocycles. The highest BCUT2D eigenvalue weighted by Crippen LogP contribution is 2.13. The van der Waals surface area contributed by atoms with Gasteiger partial charge >= 0.3 is 0 Å². The van der Waals surface area contributed by atoms with Crippen molar-refractivity contribution in [2.75, 3.05) is 46.3 Å². The van der Waals surface area contributed by atoms with Crippen molar-refractivity contribution in [3.05, 3.63) is 0 Å². The summed E-state index contributed by atoms with van der Waals surface area (Å²) in [6.07, 6.45) is 3.80. The lowest BCUT2D eigenvalue weighted by Crippen LogP contribution is -2.41. The zero-order chi connectivity index (χ0) is 11.6. The highest BCUT2D eigenvalue weighted by atomic mass is 127. The first-order valence-electron chi connectivity index (χ1n) is 6.32. The summed E-state index contributed by atoms with van der Waals surface area (Å²) < 4.78 is 2.38. The SMILES string of the molecule is CNCCCNCCNC1CCN(I)CC1. The van der Waals surface area contributed by atoms with Gasteiger partial charge in [0.1, 0.15) is 0 Å². The molecule has 0 aromatic carbocycles. The number of piperidine rings is 1. The molecule has 0 atom stereocenters. The van der Waals surface area contributed by atoms with Crippen LogP contribution in [0.25, 0.3) is 0 Å². The Kier molecular flexibility index (Phi) is 8.76. The maximum Gasteiger partial charge on any atom is 0.0201 e. The molecule has 1 heterocycles. The third-order valence-corrected chi connectivity index (χ3v) is 3.92. The van der Waals surface area contributed by atoms with E-state index in [1.54, 1.807) is 0 Å². The molecular formula is C11H25IN4. The van der Waals surface area contributed by atoms with Gasteiger partial charge in [0, 0.05) is 55.1 Å². The van der Waals surface area contributed by atoms with E-state index in [2.05, 4.69) is 41.9 Å². The number of nitrogens with zero attached hydrogens (tertiary/aromatic N) is 1. The van der Waals surface area contributed by atoms with Crippen LogP contribution in [0.3, 0.4) is 0 Å². The van der Waals surface area contributed by atoms with E-state index in [0.29, 0.717) is 0 Å². The third kappa shape index (κ3) is 7.01. The Bertz CT molecular complexity index is 160. The van der Waals surface area contributed by atoms with Gasteiger partial charge in [0.15, 0.2) is 0 Å². The van der Waals surface area contributed by atoms with Crippen LogP contribution in [-0.4, -0.2) is 55.5 Å². The minimum atomic E-state index is 0.741. The lowest BCUT2D eigenvalue weighted by molar-refractivity contribution is 0.325. The Hall–Kier alpha value is 0.570. The molecule has 0 amide bonds. The van der Waals surface area contributed by atoms with Crippen LogP contribution in [0, 0.1) is 0 Å². The average molecular weight is 340 g/mol. The molecule has 4 nitrogen and oxygen atoms in total. The van der Waals surface area contributed by atoms with Crippen LogP contribution < -0.4 is 16.0 Å². The first-order valence-corrected chi connectivity index (χ1v) is 7.29. The zero-order valence-electron chi connectivity index (χ0n) is 10.3. The zero-order valence-corrected chi connectivity index (χ0v) is 12.4. The minimum Gasteiger partial charge on any atom is -0.320 e. The van der Waals surface area contributed by atoms with Gasteiger partial charge < -0.3 is 16.0 Å². The van der Waals surface area contributed by atoms with Crippen molar-refractivity contribution in [1.29, 1.82) is 0 Å². The maximum atomic E-state index is 3.62. The molecule has 5 heteroatoms. The highest BCUT2D eigenvalue weighted by Gasteiger charge is 2.15. The van der Waals surface area contributed by atoms with E-state index in [1.807, 2.05) is 7.05 Å². The number of rotatable bonds is 8. The van der Waals surface area contributed by atoms with Gasteiger partial charge in [0.2, 0.25) is 0 Å². The largest absolute Gasteiger partial charge is 0.320 e. The van der Waals surface area contributed by atoms with Crippen LogP contribution in [0.15, 0.2) is 0 Å². The molecule has 0 aliphatic carbocycles. The van der Waals surface area contributed by atoms with Crippen molar-refractivity contribution in [2.45, 2.75) is 25.3 Å². The van der Waals surface area contributed by atoms with Crippen LogP contribution in [0.1, 0.15) is 19.3 Å². The second kappa shape index (κ2) is 9.58. The predicted molar refractivity (Wildman–Crippen MR) is 78.0 cm³/mol. The van der Waals surface area contributed by atoms with Crippen LogP contribution in [0.4, 0.5) is 0 Å². The number of halogens is 1. The molecule has 0 aromatic rings. The summed E-state index contributed by atoms with van der Waals surface area (Å²) in [7, 11) is 2.00. The first-order chi connectivity index (χ1) is 7.83.